The third-order valence-electron chi connectivity index (χ3n) is 5.11. The Kier molecular flexibility index (Phi) is 6.10. The van der Waals surface area contributed by atoms with Gasteiger partial charge in [0.05, 0.1) is 19.2 Å². The second-order valence-corrected chi connectivity index (χ2v) is 8.05. The van der Waals surface area contributed by atoms with Crippen molar-refractivity contribution in [2.75, 3.05) is 30.4 Å². The number of aromatic nitrogens is 1. The number of hydrogen-bond donors (Lipinski definition) is 1. The maximum atomic E-state index is 12.3. The van der Waals surface area contributed by atoms with Crippen molar-refractivity contribution in [3.63, 3.8) is 0 Å². The number of amides is 1. The van der Waals surface area contributed by atoms with E-state index in [0.717, 1.165) is 46.5 Å². The molecule has 3 aromatic rings. The number of piperidine rings is 1. The standard InChI is InChI=1S/C23H25N3O2S/c1-28-20-11-5-17(6-12-20)15-22(27)24-19-9-7-18(8-10-19)21-16-29-23(25-21)26-13-3-2-4-14-26/h5-12,16H,2-4,13-15H2,1H3,(H,24,27). The number of benzene rings is 2. The summed E-state index contributed by atoms with van der Waals surface area (Å²) in [6.07, 6.45) is 4.15. The lowest BCUT2D eigenvalue weighted by Gasteiger charge is -2.25. The van der Waals surface area contributed by atoms with Crippen molar-refractivity contribution in [2.24, 2.45) is 0 Å². The Balaban J connectivity index is 1.36. The molecule has 4 rings (SSSR count). The van der Waals surface area contributed by atoms with Crippen molar-refractivity contribution >= 4 is 28.1 Å². The second kappa shape index (κ2) is 9.09. The third kappa shape index (κ3) is 4.95. The largest absolute Gasteiger partial charge is 0.497 e. The molecule has 1 aromatic heterocycles. The zero-order valence-corrected chi connectivity index (χ0v) is 17.4. The lowest BCUT2D eigenvalue weighted by atomic mass is 10.1. The second-order valence-electron chi connectivity index (χ2n) is 7.21. The Morgan fingerprint density at radius 2 is 1.79 bits per heavy atom. The Morgan fingerprint density at radius 3 is 2.48 bits per heavy atom. The van der Waals surface area contributed by atoms with Crippen LogP contribution in [0.3, 0.4) is 0 Å². The highest BCUT2D eigenvalue weighted by Gasteiger charge is 2.15. The zero-order valence-electron chi connectivity index (χ0n) is 16.6. The molecule has 150 valence electrons. The number of thiazole rings is 1. The normalized spacial score (nSPS) is 13.9. The molecular formula is C23H25N3O2S. The van der Waals surface area contributed by atoms with Crippen molar-refractivity contribution in [2.45, 2.75) is 25.7 Å². The third-order valence-corrected chi connectivity index (χ3v) is 6.01. The fourth-order valence-corrected chi connectivity index (χ4v) is 4.37. The van der Waals surface area contributed by atoms with E-state index in [-0.39, 0.29) is 5.91 Å². The maximum Gasteiger partial charge on any atom is 0.228 e. The van der Waals surface area contributed by atoms with Gasteiger partial charge in [-0.1, -0.05) is 24.3 Å². The summed E-state index contributed by atoms with van der Waals surface area (Å²) in [7, 11) is 1.63. The van der Waals surface area contributed by atoms with Gasteiger partial charge in [-0.15, -0.1) is 11.3 Å². The maximum absolute atomic E-state index is 12.3. The van der Waals surface area contributed by atoms with E-state index in [9.17, 15) is 4.79 Å². The van der Waals surface area contributed by atoms with E-state index in [0.29, 0.717) is 6.42 Å². The number of carbonyl (C=O) groups excluding carboxylic acids is 1. The summed E-state index contributed by atoms with van der Waals surface area (Å²) < 4.78 is 5.15. The first-order valence-corrected chi connectivity index (χ1v) is 10.8. The quantitative estimate of drug-likeness (QED) is 0.625. The fourth-order valence-electron chi connectivity index (χ4n) is 3.49. The van der Waals surface area contributed by atoms with E-state index in [1.165, 1.54) is 19.3 Å². The van der Waals surface area contributed by atoms with Crippen LogP contribution in [0.15, 0.2) is 53.9 Å². The molecule has 1 amide bonds. The van der Waals surface area contributed by atoms with E-state index in [2.05, 4.69) is 15.6 Å². The Labute approximate surface area is 175 Å². The monoisotopic (exact) mass is 407 g/mol. The number of nitrogens with zero attached hydrogens (tertiary/aromatic N) is 2. The van der Waals surface area contributed by atoms with Crippen LogP contribution in [0.1, 0.15) is 24.8 Å². The molecule has 6 heteroatoms. The van der Waals surface area contributed by atoms with Crippen LogP contribution >= 0.6 is 11.3 Å². The van der Waals surface area contributed by atoms with E-state index in [4.69, 9.17) is 9.72 Å². The average Bonchev–Trinajstić information content (AvgIpc) is 3.26. The summed E-state index contributed by atoms with van der Waals surface area (Å²) in [6, 6.07) is 15.4. The number of carbonyl (C=O) groups is 1. The summed E-state index contributed by atoms with van der Waals surface area (Å²) in [5.74, 6) is 0.749. The van der Waals surface area contributed by atoms with Crippen LogP contribution in [0.2, 0.25) is 0 Å². The molecule has 5 nitrogen and oxygen atoms in total. The molecule has 0 atom stereocenters. The molecule has 0 aliphatic carbocycles. The van der Waals surface area contributed by atoms with Crippen LogP contribution in [0.5, 0.6) is 5.75 Å². The first-order valence-electron chi connectivity index (χ1n) is 9.95. The van der Waals surface area contributed by atoms with Crippen LogP contribution in [-0.4, -0.2) is 31.1 Å². The van der Waals surface area contributed by atoms with Gasteiger partial charge in [-0.25, -0.2) is 4.98 Å². The van der Waals surface area contributed by atoms with Crippen molar-refractivity contribution < 1.29 is 9.53 Å². The summed E-state index contributed by atoms with van der Waals surface area (Å²) in [5.41, 5.74) is 3.80. The molecule has 1 N–H and O–H groups in total. The van der Waals surface area contributed by atoms with Gasteiger partial charge in [-0.3, -0.25) is 4.79 Å². The lowest BCUT2D eigenvalue weighted by Crippen LogP contribution is -2.29. The number of ether oxygens (including phenoxy) is 1. The predicted molar refractivity (Wildman–Crippen MR) is 119 cm³/mol. The Hall–Kier alpha value is -2.86. The lowest BCUT2D eigenvalue weighted by molar-refractivity contribution is -0.115. The average molecular weight is 408 g/mol. The molecule has 1 saturated heterocycles. The highest BCUT2D eigenvalue weighted by molar-refractivity contribution is 7.14. The number of anilines is 2. The first-order chi connectivity index (χ1) is 14.2. The number of nitrogens with one attached hydrogen (secondary N) is 1. The molecule has 0 unspecified atom stereocenters. The molecule has 0 spiro atoms. The van der Waals surface area contributed by atoms with E-state index < -0.39 is 0 Å². The summed E-state index contributed by atoms with van der Waals surface area (Å²) >= 11 is 1.71. The van der Waals surface area contributed by atoms with Crippen LogP contribution in [-0.2, 0) is 11.2 Å². The fraction of sp³-hybridized carbons (Fsp3) is 0.304. The highest BCUT2D eigenvalue weighted by Crippen LogP contribution is 2.29. The van der Waals surface area contributed by atoms with Crippen molar-refractivity contribution in [1.29, 1.82) is 0 Å². The van der Waals surface area contributed by atoms with Crippen LogP contribution in [0, 0.1) is 0 Å². The topological polar surface area (TPSA) is 54.5 Å². The van der Waals surface area contributed by atoms with Crippen molar-refractivity contribution in [1.82, 2.24) is 4.98 Å². The van der Waals surface area contributed by atoms with Gasteiger partial charge >= 0.3 is 0 Å². The highest BCUT2D eigenvalue weighted by atomic mass is 32.1. The smallest absolute Gasteiger partial charge is 0.228 e. The SMILES string of the molecule is COc1ccc(CC(=O)Nc2ccc(-c3csc(N4CCCCC4)n3)cc2)cc1. The minimum Gasteiger partial charge on any atom is -0.497 e. The van der Waals surface area contributed by atoms with Gasteiger partial charge in [0.15, 0.2) is 5.13 Å². The zero-order chi connectivity index (χ0) is 20.1. The van der Waals surface area contributed by atoms with E-state index >= 15 is 0 Å². The first kappa shape index (κ1) is 19.5. The van der Waals surface area contributed by atoms with Gasteiger partial charge in [0, 0.05) is 29.7 Å². The molecule has 29 heavy (non-hydrogen) atoms. The van der Waals surface area contributed by atoms with Gasteiger partial charge in [-0.2, -0.15) is 0 Å². The predicted octanol–water partition coefficient (Wildman–Crippen LogP) is 4.99. The van der Waals surface area contributed by atoms with Crippen LogP contribution in [0.4, 0.5) is 10.8 Å². The molecule has 0 bridgehead atoms. The van der Waals surface area contributed by atoms with Gasteiger partial charge in [0.25, 0.3) is 0 Å². The summed E-state index contributed by atoms with van der Waals surface area (Å²) in [5, 5.41) is 6.18. The van der Waals surface area contributed by atoms with Gasteiger partial charge in [-0.05, 0) is 49.1 Å². The number of hydrogen-bond acceptors (Lipinski definition) is 5. The van der Waals surface area contributed by atoms with Crippen molar-refractivity contribution in [3.8, 4) is 17.0 Å². The Morgan fingerprint density at radius 1 is 1.07 bits per heavy atom. The summed E-state index contributed by atoms with van der Waals surface area (Å²) in [4.78, 5) is 19.5. The van der Waals surface area contributed by atoms with Gasteiger partial charge in [0.2, 0.25) is 5.91 Å². The molecule has 1 aliphatic rings. The van der Waals surface area contributed by atoms with Crippen molar-refractivity contribution in [3.05, 3.63) is 59.5 Å². The molecule has 1 fully saturated rings. The van der Waals surface area contributed by atoms with E-state index in [1.54, 1.807) is 18.4 Å². The molecule has 0 radical (unpaired) electrons. The van der Waals surface area contributed by atoms with E-state index in [1.807, 2.05) is 48.5 Å². The number of rotatable bonds is 6. The molecule has 2 aromatic carbocycles. The Bertz CT molecular complexity index is 945. The summed E-state index contributed by atoms with van der Waals surface area (Å²) in [6.45, 7) is 2.21. The molecule has 2 heterocycles. The molecule has 1 aliphatic heterocycles. The van der Waals surface area contributed by atoms with Crippen LogP contribution < -0.4 is 15.0 Å². The minimum absolute atomic E-state index is 0.0380. The molecular weight excluding hydrogens is 382 g/mol. The van der Waals surface area contributed by atoms with Gasteiger partial charge in [0.1, 0.15) is 5.75 Å². The number of methoxy groups -OCH3 is 1. The van der Waals surface area contributed by atoms with Crippen LogP contribution in [0.25, 0.3) is 11.3 Å². The molecule has 0 saturated carbocycles. The minimum atomic E-state index is -0.0380. The van der Waals surface area contributed by atoms with Gasteiger partial charge < -0.3 is 15.0 Å².